The summed E-state index contributed by atoms with van der Waals surface area (Å²) in [5, 5.41) is 28.0. The van der Waals surface area contributed by atoms with Crippen molar-refractivity contribution in [2.45, 2.75) is 51.4 Å². The fourth-order valence-corrected chi connectivity index (χ4v) is 2.84. The Morgan fingerprint density at radius 3 is 2.09 bits per heavy atom. The summed E-state index contributed by atoms with van der Waals surface area (Å²) in [6, 6.07) is 2.59. The van der Waals surface area contributed by atoms with Crippen LogP contribution < -0.4 is 0 Å². The highest BCUT2D eigenvalue weighted by atomic mass is 16.5. The normalized spacial score (nSPS) is 15.5. The van der Waals surface area contributed by atoms with E-state index in [4.69, 9.17) is 9.84 Å². The summed E-state index contributed by atoms with van der Waals surface area (Å²) in [5.41, 5.74) is 0.152. The van der Waals surface area contributed by atoms with Crippen LogP contribution in [0.2, 0.25) is 0 Å². The lowest BCUT2D eigenvalue weighted by molar-refractivity contribution is 0.0207. The molecular formula is C16H20O6. The van der Waals surface area contributed by atoms with Gasteiger partial charge in [0, 0.05) is 0 Å². The molecule has 22 heavy (non-hydrogen) atoms. The number of rotatable bonds is 5. The Balaban J connectivity index is 2.29. The van der Waals surface area contributed by atoms with Gasteiger partial charge in [0.2, 0.25) is 0 Å². The van der Waals surface area contributed by atoms with Crippen LogP contribution in [0.15, 0.2) is 12.1 Å². The van der Waals surface area contributed by atoms with Gasteiger partial charge in [-0.3, -0.25) is 0 Å². The molecule has 2 rings (SSSR count). The van der Waals surface area contributed by atoms with E-state index in [-0.39, 0.29) is 28.4 Å². The van der Waals surface area contributed by atoms with Crippen LogP contribution in [-0.4, -0.2) is 33.4 Å². The third-order valence-corrected chi connectivity index (χ3v) is 4.02. The predicted octanol–water partition coefficient (Wildman–Crippen LogP) is 1.86. The molecule has 120 valence electrons. The van der Waals surface area contributed by atoms with E-state index in [1.54, 1.807) is 0 Å². The molecule has 0 bridgehead atoms. The van der Waals surface area contributed by atoms with Gasteiger partial charge in [-0.2, -0.15) is 0 Å². The Hall–Kier alpha value is -1.92. The lowest BCUT2D eigenvalue weighted by atomic mass is 9.95. The number of hydrogen-bond acceptors (Lipinski definition) is 5. The third-order valence-electron chi connectivity index (χ3n) is 4.02. The van der Waals surface area contributed by atoms with Crippen LogP contribution in [0.3, 0.4) is 0 Å². The van der Waals surface area contributed by atoms with Gasteiger partial charge in [-0.15, -0.1) is 0 Å². The Morgan fingerprint density at radius 2 is 1.55 bits per heavy atom. The van der Waals surface area contributed by atoms with Gasteiger partial charge in [0.25, 0.3) is 0 Å². The van der Waals surface area contributed by atoms with Crippen molar-refractivity contribution in [3.8, 4) is 0 Å². The van der Waals surface area contributed by atoms with Gasteiger partial charge in [-0.05, 0) is 48.9 Å². The molecule has 0 unspecified atom stereocenters. The predicted molar refractivity (Wildman–Crippen MR) is 77.5 cm³/mol. The second-order valence-corrected chi connectivity index (χ2v) is 5.40. The largest absolute Gasteiger partial charge is 0.478 e. The number of esters is 1. The molecule has 6 nitrogen and oxygen atoms in total. The van der Waals surface area contributed by atoms with Crippen LogP contribution in [0.5, 0.6) is 0 Å². The number of aliphatic hydroxyl groups is 2. The second-order valence-electron chi connectivity index (χ2n) is 5.40. The van der Waals surface area contributed by atoms with Crippen LogP contribution in [0.1, 0.15) is 63.9 Å². The molecule has 6 heteroatoms. The van der Waals surface area contributed by atoms with Crippen LogP contribution in [-0.2, 0) is 18.0 Å². The number of carboxylic acid groups (broad SMARTS) is 1. The van der Waals surface area contributed by atoms with Crippen LogP contribution in [0.25, 0.3) is 0 Å². The molecule has 0 aliphatic heterocycles. The van der Waals surface area contributed by atoms with Crippen molar-refractivity contribution in [1.29, 1.82) is 0 Å². The molecule has 0 saturated heterocycles. The molecule has 1 aromatic rings. The highest BCUT2D eigenvalue weighted by Crippen LogP contribution is 2.25. The highest BCUT2D eigenvalue weighted by molar-refractivity contribution is 5.95. The minimum Gasteiger partial charge on any atom is -0.478 e. The molecule has 0 spiro atoms. The van der Waals surface area contributed by atoms with Crippen molar-refractivity contribution < 1.29 is 29.6 Å². The quantitative estimate of drug-likeness (QED) is 0.717. The van der Waals surface area contributed by atoms with Crippen LogP contribution >= 0.6 is 0 Å². The Morgan fingerprint density at radius 1 is 1.00 bits per heavy atom. The summed E-state index contributed by atoms with van der Waals surface area (Å²) >= 11 is 0. The first-order valence-electron chi connectivity index (χ1n) is 7.39. The van der Waals surface area contributed by atoms with Gasteiger partial charge in [-0.25, -0.2) is 9.59 Å². The van der Waals surface area contributed by atoms with Gasteiger partial charge in [0.15, 0.2) is 0 Å². The SMILES string of the molecule is O=C(O)c1ccc(C(=O)OC2CCCCC2)c(CO)c1CO. The monoisotopic (exact) mass is 308 g/mol. The maximum Gasteiger partial charge on any atom is 0.338 e. The molecule has 0 atom stereocenters. The van der Waals surface area contributed by atoms with E-state index < -0.39 is 25.2 Å². The number of aromatic carboxylic acids is 1. The molecule has 0 radical (unpaired) electrons. The lowest BCUT2D eigenvalue weighted by Crippen LogP contribution is -2.22. The molecular weight excluding hydrogens is 288 g/mol. The first kappa shape index (κ1) is 16.5. The van der Waals surface area contributed by atoms with Crippen molar-refractivity contribution in [2.75, 3.05) is 0 Å². The molecule has 1 saturated carbocycles. The van der Waals surface area contributed by atoms with Gasteiger partial charge in [-0.1, -0.05) is 6.42 Å². The number of aliphatic hydroxyl groups excluding tert-OH is 2. The molecule has 1 aliphatic rings. The standard InChI is InChI=1S/C16H20O6/c17-8-13-11(15(19)20)6-7-12(14(13)9-18)16(21)22-10-4-2-1-3-5-10/h6-7,10,17-18H,1-5,8-9H2,(H,19,20). The average molecular weight is 308 g/mol. The fraction of sp³-hybridized carbons (Fsp3) is 0.500. The van der Waals surface area contributed by atoms with Gasteiger partial charge >= 0.3 is 11.9 Å². The van der Waals surface area contributed by atoms with Gasteiger partial charge < -0.3 is 20.1 Å². The summed E-state index contributed by atoms with van der Waals surface area (Å²) in [4.78, 5) is 23.4. The maximum atomic E-state index is 12.3. The van der Waals surface area contributed by atoms with Gasteiger partial charge in [0.05, 0.1) is 24.3 Å². The summed E-state index contributed by atoms with van der Waals surface area (Å²) in [5.74, 6) is -1.80. The number of carbonyl (C=O) groups excluding carboxylic acids is 1. The van der Waals surface area contributed by atoms with Crippen molar-refractivity contribution in [2.24, 2.45) is 0 Å². The van der Waals surface area contributed by atoms with Crippen molar-refractivity contribution >= 4 is 11.9 Å². The summed E-state index contributed by atoms with van der Waals surface area (Å²) < 4.78 is 5.44. The Labute approximate surface area is 128 Å². The van der Waals surface area contributed by atoms with Crippen LogP contribution in [0, 0.1) is 0 Å². The van der Waals surface area contributed by atoms with Crippen molar-refractivity contribution in [1.82, 2.24) is 0 Å². The third kappa shape index (κ3) is 3.45. The number of ether oxygens (including phenoxy) is 1. The lowest BCUT2D eigenvalue weighted by Gasteiger charge is -2.22. The number of carboxylic acids is 1. The second kappa shape index (κ2) is 7.38. The van der Waals surface area contributed by atoms with Crippen LogP contribution in [0.4, 0.5) is 0 Å². The van der Waals surface area contributed by atoms with Gasteiger partial charge in [0.1, 0.15) is 6.10 Å². The maximum absolute atomic E-state index is 12.3. The van der Waals surface area contributed by atoms with E-state index in [0.29, 0.717) is 0 Å². The van der Waals surface area contributed by atoms with Crippen molar-refractivity contribution in [3.63, 3.8) is 0 Å². The molecule has 1 aliphatic carbocycles. The first-order valence-corrected chi connectivity index (χ1v) is 7.39. The van der Waals surface area contributed by atoms with E-state index in [1.165, 1.54) is 12.1 Å². The summed E-state index contributed by atoms with van der Waals surface area (Å²) in [6.07, 6.45) is 4.68. The zero-order valence-electron chi connectivity index (χ0n) is 12.2. The smallest absolute Gasteiger partial charge is 0.338 e. The van der Waals surface area contributed by atoms with E-state index in [0.717, 1.165) is 32.1 Å². The first-order chi connectivity index (χ1) is 10.6. The molecule has 1 aromatic carbocycles. The van der Waals surface area contributed by atoms with Crippen molar-refractivity contribution in [3.05, 3.63) is 34.4 Å². The average Bonchev–Trinajstić information content (AvgIpc) is 2.53. The molecule has 0 amide bonds. The van der Waals surface area contributed by atoms with E-state index >= 15 is 0 Å². The van der Waals surface area contributed by atoms with E-state index in [9.17, 15) is 19.8 Å². The van der Waals surface area contributed by atoms with E-state index in [2.05, 4.69) is 0 Å². The Kier molecular flexibility index (Phi) is 5.51. The topological polar surface area (TPSA) is 104 Å². The zero-order valence-corrected chi connectivity index (χ0v) is 12.2. The highest BCUT2D eigenvalue weighted by Gasteiger charge is 2.24. The molecule has 3 N–H and O–H groups in total. The minimum atomic E-state index is -1.22. The molecule has 0 heterocycles. The molecule has 1 fully saturated rings. The fourth-order valence-electron chi connectivity index (χ4n) is 2.84. The number of carbonyl (C=O) groups is 2. The summed E-state index contributed by atoms with van der Waals surface area (Å²) in [6.45, 7) is -1.10. The van der Waals surface area contributed by atoms with E-state index in [1.807, 2.05) is 0 Å². The number of benzene rings is 1. The number of hydrogen-bond donors (Lipinski definition) is 3. The zero-order chi connectivity index (χ0) is 16.1. The summed E-state index contributed by atoms with van der Waals surface area (Å²) in [7, 11) is 0. The molecule has 0 aromatic heterocycles. The minimum absolute atomic E-state index is 0.0492. The Bertz CT molecular complexity index is 560.